The molecule has 0 aromatic heterocycles. The van der Waals surface area contributed by atoms with Crippen molar-refractivity contribution in [3.63, 3.8) is 0 Å². The number of rotatable bonds is 9. The van der Waals surface area contributed by atoms with Crippen molar-refractivity contribution in [1.29, 1.82) is 0 Å². The van der Waals surface area contributed by atoms with Crippen LogP contribution in [0.5, 0.6) is 23.0 Å². The molecule has 0 saturated carbocycles. The molecular weight excluding hydrogens is 518 g/mol. The van der Waals surface area contributed by atoms with E-state index in [2.05, 4.69) is 0 Å². The van der Waals surface area contributed by atoms with Gasteiger partial charge < -0.3 is 18.9 Å². The highest BCUT2D eigenvalue weighted by atomic mass is 35.5. The summed E-state index contributed by atoms with van der Waals surface area (Å²) >= 11 is 11.9. The lowest BCUT2D eigenvalue weighted by Crippen LogP contribution is -2.09. The van der Waals surface area contributed by atoms with Gasteiger partial charge in [-0.2, -0.15) is 0 Å². The number of benzene rings is 3. The van der Waals surface area contributed by atoms with Crippen molar-refractivity contribution in [3.8, 4) is 23.0 Å². The SMILES string of the molecule is COc1ccc(/C=C\c2cc(OC)c(OC)c(OC)c2)c(CS(=O)(=O)c2ccc(Cl)c(Cl)c2)c1F. The zero-order valence-corrected chi connectivity index (χ0v) is 21.7. The van der Waals surface area contributed by atoms with Crippen molar-refractivity contribution < 1.29 is 31.8 Å². The van der Waals surface area contributed by atoms with E-state index in [4.69, 9.17) is 42.1 Å². The van der Waals surface area contributed by atoms with Gasteiger partial charge in [0.1, 0.15) is 0 Å². The van der Waals surface area contributed by atoms with Crippen LogP contribution >= 0.6 is 23.2 Å². The lowest BCUT2D eigenvalue weighted by molar-refractivity contribution is 0.324. The average Bonchev–Trinajstić information content (AvgIpc) is 2.85. The fourth-order valence-electron chi connectivity index (χ4n) is 3.40. The van der Waals surface area contributed by atoms with Gasteiger partial charge in [0.25, 0.3) is 0 Å². The van der Waals surface area contributed by atoms with Crippen LogP contribution in [0.1, 0.15) is 16.7 Å². The van der Waals surface area contributed by atoms with E-state index in [0.29, 0.717) is 28.4 Å². The molecule has 0 N–H and O–H groups in total. The van der Waals surface area contributed by atoms with Gasteiger partial charge in [0, 0.05) is 5.56 Å². The van der Waals surface area contributed by atoms with E-state index in [1.165, 1.54) is 52.7 Å². The second-order valence-corrected chi connectivity index (χ2v) is 10.1. The topological polar surface area (TPSA) is 71.1 Å². The summed E-state index contributed by atoms with van der Waals surface area (Å²) in [5.74, 6) is -0.165. The molecule has 0 aliphatic rings. The summed E-state index contributed by atoms with van der Waals surface area (Å²) in [6.07, 6.45) is 3.28. The molecule has 0 bridgehead atoms. The molecule has 0 unspecified atom stereocenters. The van der Waals surface area contributed by atoms with Crippen LogP contribution in [0.2, 0.25) is 10.0 Å². The monoisotopic (exact) mass is 540 g/mol. The molecule has 0 saturated heterocycles. The minimum absolute atomic E-state index is 0.0564. The van der Waals surface area contributed by atoms with Crippen molar-refractivity contribution in [2.45, 2.75) is 10.6 Å². The molecule has 0 spiro atoms. The lowest BCUT2D eigenvalue weighted by atomic mass is 10.1. The Bertz CT molecular complexity index is 1350. The van der Waals surface area contributed by atoms with Gasteiger partial charge in [0.2, 0.25) is 5.75 Å². The van der Waals surface area contributed by atoms with Crippen LogP contribution in [0.4, 0.5) is 4.39 Å². The number of halogens is 3. The Morgan fingerprint density at radius 2 is 1.43 bits per heavy atom. The van der Waals surface area contributed by atoms with E-state index in [9.17, 15) is 8.42 Å². The van der Waals surface area contributed by atoms with E-state index in [0.717, 1.165) is 0 Å². The normalized spacial score (nSPS) is 11.5. The number of ether oxygens (including phenoxy) is 4. The molecular formula is C25H23Cl2FO6S. The molecule has 10 heteroatoms. The molecule has 6 nitrogen and oxygen atoms in total. The molecule has 0 fully saturated rings. The molecule has 3 aromatic carbocycles. The molecule has 0 radical (unpaired) electrons. The fourth-order valence-corrected chi connectivity index (χ4v) is 5.18. The minimum atomic E-state index is -3.96. The summed E-state index contributed by atoms with van der Waals surface area (Å²) in [6, 6.07) is 10.4. The Kier molecular flexibility index (Phi) is 8.53. The maximum absolute atomic E-state index is 15.3. The van der Waals surface area contributed by atoms with Crippen LogP contribution in [0, 0.1) is 5.82 Å². The average molecular weight is 541 g/mol. The Morgan fingerprint density at radius 3 is 1.97 bits per heavy atom. The quantitative estimate of drug-likeness (QED) is 0.296. The molecule has 0 heterocycles. The largest absolute Gasteiger partial charge is 0.494 e. The van der Waals surface area contributed by atoms with Crippen LogP contribution in [0.15, 0.2) is 47.4 Å². The summed E-state index contributed by atoms with van der Waals surface area (Å²) in [7, 11) is 1.83. The van der Waals surface area contributed by atoms with Crippen molar-refractivity contribution in [2.24, 2.45) is 0 Å². The zero-order chi connectivity index (χ0) is 25.8. The maximum atomic E-state index is 15.3. The molecule has 3 rings (SSSR count). The highest BCUT2D eigenvalue weighted by Gasteiger charge is 2.23. The first-order valence-electron chi connectivity index (χ1n) is 10.2. The third-order valence-corrected chi connectivity index (χ3v) is 7.57. The van der Waals surface area contributed by atoms with Crippen molar-refractivity contribution in [1.82, 2.24) is 0 Å². The number of methoxy groups -OCH3 is 4. The van der Waals surface area contributed by atoms with Gasteiger partial charge >= 0.3 is 0 Å². The summed E-state index contributed by atoms with van der Waals surface area (Å²) in [5, 5.41) is 0.300. The Balaban J connectivity index is 2.07. The third kappa shape index (κ3) is 5.83. The molecule has 186 valence electrons. The molecule has 0 amide bonds. The predicted molar refractivity (Wildman–Crippen MR) is 135 cm³/mol. The predicted octanol–water partition coefficient (Wildman–Crippen LogP) is 6.31. The van der Waals surface area contributed by atoms with Crippen LogP contribution in [-0.2, 0) is 15.6 Å². The molecule has 35 heavy (non-hydrogen) atoms. The van der Waals surface area contributed by atoms with Crippen LogP contribution in [0.25, 0.3) is 12.2 Å². The number of hydrogen-bond donors (Lipinski definition) is 0. The van der Waals surface area contributed by atoms with Gasteiger partial charge in [-0.15, -0.1) is 0 Å². The highest BCUT2D eigenvalue weighted by Crippen LogP contribution is 2.39. The lowest BCUT2D eigenvalue weighted by Gasteiger charge is -2.14. The standard InChI is InChI=1S/C25H23Cl2FO6S/c1-31-21-10-7-16(6-5-15-11-22(32-2)25(34-4)23(12-15)33-3)18(24(21)28)14-35(29,30)17-8-9-19(26)20(27)13-17/h5-13H,14H2,1-4H3/b6-5-. The molecule has 3 aromatic rings. The van der Waals surface area contributed by atoms with E-state index in [1.54, 1.807) is 30.4 Å². The van der Waals surface area contributed by atoms with Gasteiger partial charge in [-0.05, 0) is 47.5 Å². The summed E-state index contributed by atoms with van der Waals surface area (Å²) in [5.41, 5.74) is 0.953. The maximum Gasteiger partial charge on any atom is 0.203 e. The first-order chi connectivity index (χ1) is 16.6. The van der Waals surface area contributed by atoms with Crippen LogP contribution in [0.3, 0.4) is 0 Å². The van der Waals surface area contributed by atoms with Crippen LogP contribution in [-0.4, -0.2) is 36.9 Å². The van der Waals surface area contributed by atoms with Gasteiger partial charge in [-0.1, -0.05) is 41.4 Å². The Hall–Kier alpha value is -2.94. The van der Waals surface area contributed by atoms with Crippen LogP contribution < -0.4 is 18.9 Å². The van der Waals surface area contributed by atoms with E-state index in [1.807, 2.05) is 0 Å². The Morgan fingerprint density at radius 1 is 0.800 bits per heavy atom. The second kappa shape index (κ2) is 11.2. The summed E-state index contributed by atoms with van der Waals surface area (Å²) in [6.45, 7) is 0. The molecule has 0 atom stereocenters. The first kappa shape index (κ1) is 26.7. The van der Waals surface area contributed by atoms with E-state index >= 15 is 4.39 Å². The second-order valence-electron chi connectivity index (χ2n) is 7.28. The van der Waals surface area contributed by atoms with E-state index in [-0.39, 0.29) is 26.3 Å². The van der Waals surface area contributed by atoms with Crippen molar-refractivity contribution >= 4 is 45.2 Å². The van der Waals surface area contributed by atoms with Gasteiger partial charge in [0.05, 0.1) is 49.1 Å². The van der Waals surface area contributed by atoms with E-state index < -0.39 is 21.4 Å². The highest BCUT2D eigenvalue weighted by molar-refractivity contribution is 7.90. The number of sulfone groups is 1. The fraction of sp³-hybridized carbons (Fsp3) is 0.200. The Labute approximate surface area is 213 Å². The molecule has 0 aliphatic carbocycles. The van der Waals surface area contributed by atoms with Crippen molar-refractivity contribution in [3.05, 3.63) is 75.0 Å². The van der Waals surface area contributed by atoms with Gasteiger partial charge in [0.15, 0.2) is 32.9 Å². The minimum Gasteiger partial charge on any atom is -0.494 e. The third-order valence-electron chi connectivity index (χ3n) is 5.19. The smallest absolute Gasteiger partial charge is 0.203 e. The first-order valence-corrected chi connectivity index (χ1v) is 12.6. The van der Waals surface area contributed by atoms with Gasteiger partial charge in [-0.3, -0.25) is 0 Å². The number of hydrogen-bond acceptors (Lipinski definition) is 6. The summed E-state index contributed by atoms with van der Waals surface area (Å²) in [4.78, 5) is -0.0753. The van der Waals surface area contributed by atoms with Gasteiger partial charge in [-0.25, -0.2) is 12.8 Å². The summed E-state index contributed by atoms with van der Waals surface area (Å²) < 4.78 is 62.6. The van der Waals surface area contributed by atoms with Crippen molar-refractivity contribution in [2.75, 3.05) is 28.4 Å². The molecule has 0 aliphatic heterocycles. The zero-order valence-electron chi connectivity index (χ0n) is 19.4.